The minimum Gasteiger partial charge on any atom is -0.480 e. The summed E-state index contributed by atoms with van der Waals surface area (Å²) in [6, 6.07) is 13.8. The van der Waals surface area contributed by atoms with Crippen LogP contribution in [0.2, 0.25) is 5.02 Å². The molecule has 0 saturated carbocycles. The van der Waals surface area contributed by atoms with Crippen LogP contribution in [-0.2, 0) is 11.3 Å². The fourth-order valence-electron chi connectivity index (χ4n) is 2.98. The van der Waals surface area contributed by atoms with E-state index >= 15 is 0 Å². The van der Waals surface area contributed by atoms with E-state index in [9.17, 15) is 9.90 Å². The Morgan fingerprint density at radius 2 is 2.00 bits per heavy atom. The molecule has 7 heteroatoms. The van der Waals surface area contributed by atoms with Crippen molar-refractivity contribution < 1.29 is 9.90 Å². The van der Waals surface area contributed by atoms with E-state index in [1.54, 1.807) is 11.3 Å². The molecule has 1 unspecified atom stereocenters. The number of carboxylic acid groups (broad SMARTS) is 1. The van der Waals surface area contributed by atoms with Gasteiger partial charge in [0.2, 0.25) is 0 Å². The van der Waals surface area contributed by atoms with Gasteiger partial charge < -0.3 is 10.4 Å². The van der Waals surface area contributed by atoms with Crippen molar-refractivity contribution in [1.82, 2.24) is 4.98 Å². The van der Waals surface area contributed by atoms with Crippen LogP contribution in [0, 0.1) is 0 Å². The monoisotopic (exact) mass is 448 g/mol. The van der Waals surface area contributed by atoms with Crippen molar-refractivity contribution in [3.63, 3.8) is 0 Å². The van der Waals surface area contributed by atoms with Crippen LogP contribution in [0.3, 0.4) is 0 Å². The topological polar surface area (TPSA) is 62.2 Å². The molecule has 0 amide bonds. The number of benzene rings is 2. The van der Waals surface area contributed by atoms with E-state index in [4.69, 9.17) is 11.6 Å². The molecule has 1 heterocycles. The molecule has 0 aliphatic heterocycles. The Morgan fingerprint density at radius 3 is 2.72 bits per heavy atom. The summed E-state index contributed by atoms with van der Waals surface area (Å²) in [4.78, 5) is 16.2. The third kappa shape index (κ3) is 6.63. The van der Waals surface area contributed by atoms with E-state index in [2.05, 4.69) is 23.3 Å². The van der Waals surface area contributed by atoms with Crippen LogP contribution in [0.25, 0.3) is 10.2 Å². The number of hydrogen-bond acceptors (Lipinski definition) is 5. The highest BCUT2D eigenvalue weighted by molar-refractivity contribution is 8.02. The SMILES string of the molecule is CCCCCCC(Sc1nc2ccc(NCc3ccc(Cl)cc3)cc2s1)C(=O)O. The van der Waals surface area contributed by atoms with Crippen molar-refractivity contribution in [3.8, 4) is 0 Å². The van der Waals surface area contributed by atoms with Gasteiger partial charge >= 0.3 is 5.97 Å². The number of unbranched alkanes of at least 4 members (excludes halogenated alkanes) is 3. The molecule has 29 heavy (non-hydrogen) atoms. The number of thioether (sulfide) groups is 1. The number of nitrogens with one attached hydrogen (secondary N) is 1. The number of nitrogens with zero attached hydrogens (tertiary/aromatic N) is 1. The molecule has 0 aliphatic carbocycles. The van der Waals surface area contributed by atoms with Gasteiger partial charge in [0.05, 0.1) is 10.2 Å². The number of hydrogen-bond donors (Lipinski definition) is 2. The van der Waals surface area contributed by atoms with Crippen molar-refractivity contribution in [2.45, 2.75) is 55.2 Å². The second-order valence-electron chi connectivity index (χ2n) is 6.94. The Balaban J connectivity index is 1.63. The summed E-state index contributed by atoms with van der Waals surface area (Å²) in [5, 5.41) is 13.3. The summed E-state index contributed by atoms with van der Waals surface area (Å²) in [6.45, 7) is 2.87. The fraction of sp³-hybridized carbons (Fsp3) is 0.364. The third-order valence-corrected chi connectivity index (χ3v) is 7.24. The van der Waals surface area contributed by atoms with Crippen molar-refractivity contribution in [1.29, 1.82) is 0 Å². The predicted octanol–water partition coefficient (Wildman–Crippen LogP) is 7.08. The van der Waals surface area contributed by atoms with Crippen LogP contribution in [0.5, 0.6) is 0 Å². The van der Waals surface area contributed by atoms with Gasteiger partial charge in [-0.3, -0.25) is 4.79 Å². The number of rotatable bonds is 11. The Labute approximate surface area is 184 Å². The molecule has 1 aromatic heterocycles. The van der Waals surface area contributed by atoms with Gasteiger partial charge in [0.15, 0.2) is 4.34 Å². The number of carboxylic acids is 1. The Kier molecular flexibility index (Phi) is 8.21. The molecule has 1 atom stereocenters. The summed E-state index contributed by atoms with van der Waals surface area (Å²) in [5.74, 6) is -0.754. The number of carbonyl (C=O) groups is 1. The highest BCUT2D eigenvalue weighted by Crippen LogP contribution is 2.35. The molecular weight excluding hydrogens is 424 g/mol. The number of halogens is 1. The lowest BCUT2D eigenvalue weighted by Crippen LogP contribution is -2.15. The smallest absolute Gasteiger partial charge is 0.317 e. The van der Waals surface area contributed by atoms with Gasteiger partial charge in [0.1, 0.15) is 5.25 Å². The zero-order chi connectivity index (χ0) is 20.6. The van der Waals surface area contributed by atoms with Crippen LogP contribution in [-0.4, -0.2) is 21.3 Å². The van der Waals surface area contributed by atoms with Gasteiger partial charge in [-0.15, -0.1) is 11.3 Å². The average molecular weight is 449 g/mol. The van der Waals surface area contributed by atoms with Gasteiger partial charge in [-0.05, 0) is 42.3 Å². The molecule has 4 nitrogen and oxygen atoms in total. The quantitative estimate of drug-likeness (QED) is 0.242. The van der Waals surface area contributed by atoms with Crippen molar-refractivity contribution in [3.05, 3.63) is 53.1 Å². The van der Waals surface area contributed by atoms with Gasteiger partial charge in [0, 0.05) is 17.3 Å². The number of aromatic nitrogens is 1. The maximum absolute atomic E-state index is 11.6. The maximum Gasteiger partial charge on any atom is 0.317 e. The third-order valence-electron chi connectivity index (χ3n) is 4.62. The molecule has 0 spiro atoms. The van der Waals surface area contributed by atoms with Crippen LogP contribution < -0.4 is 5.32 Å². The van der Waals surface area contributed by atoms with Crippen molar-refractivity contribution >= 4 is 56.6 Å². The molecule has 3 rings (SSSR count). The summed E-state index contributed by atoms with van der Waals surface area (Å²) in [7, 11) is 0. The highest BCUT2D eigenvalue weighted by atomic mass is 35.5. The molecule has 0 saturated heterocycles. The molecule has 0 aliphatic rings. The number of aliphatic carboxylic acids is 1. The predicted molar refractivity (Wildman–Crippen MR) is 124 cm³/mol. The van der Waals surface area contributed by atoms with Crippen LogP contribution in [0.15, 0.2) is 46.8 Å². The molecule has 0 radical (unpaired) electrons. The molecule has 2 N–H and O–H groups in total. The van der Waals surface area contributed by atoms with Gasteiger partial charge in [-0.2, -0.15) is 0 Å². The minimum atomic E-state index is -0.754. The molecule has 154 valence electrons. The Hall–Kier alpha value is -1.76. The highest BCUT2D eigenvalue weighted by Gasteiger charge is 2.20. The number of fused-ring (bicyclic) bond motifs is 1. The molecule has 0 fully saturated rings. The zero-order valence-corrected chi connectivity index (χ0v) is 18.7. The first-order valence-corrected chi connectivity index (χ1v) is 11.9. The molecular formula is C22H25ClN2O2S2. The van der Waals surface area contributed by atoms with E-state index in [0.29, 0.717) is 13.0 Å². The van der Waals surface area contributed by atoms with E-state index < -0.39 is 11.2 Å². The van der Waals surface area contributed by atoms with Crippen molar-refractivity contribution in [2.75, 3.05) is 5.32 Å². The van der Waals surface area contributed by atoms with Crippen LogP contribution >= 0.6 is 34.7 Å². The minimum absolute atomic E-state index is 0.435. The lowest BCUT2D eigenvalue weighted by atomic mass is 10.1. The summed E-state index contributed by atoms with van der Waals surface area (Å²) in [5.41, 5.74) is 3.08. The second-order valence-corrected chi connectivity index (χ2v) is 9.85. The number of anilines is 1. The molecule has 3 aromatic rings. The Bertz CT molecular complexity index is 944. The van der Waals surface area contributed by atoms with Gasteiger partial charge in [-0.25, -0.2) is 4.98 Å². The van der Waals surface area contributed by atoms with Gasteiger partial charge in [0.25, 0.3) is 0 Å². The number of thiazole rings is 1. The lowest BCUT2D eigenvalue weighted by molar-refractivity contribution is -0.136. The average Bonchev–Trinajstić information content (AvgIpc) is 3.11. The zero-order valence-electron chi connectivity index (χ0n) is 16.4. The largest absolute Gasteiger partial charge is 0.480 e. The fourth-order valence-corrected chi connectivity index (χ4v) is 5.43. The van der Waals surface area contributed by atoms with Crippen LogP contribution in [0.1, 0.15) is 44.6 Å². The van der Waals surface area contributed by atoms with Crippen molar-refractivity contribution in [2.24, 2.45) is 0 Å². The summed E-state index contributed by atoms with van der Waals surface area (Å²) in [6.07, 6.45) is 5.02. The molecule has 0 bridgehead atoms. The molecule has 2 aromatic carbocycles. The van der Waals surface area contributed by atoms with E-state index in [1.807, 2.05) is 36.4 Å². The summed E-state index contributed by atoms with van der Waals surface area (Å²) >= 11 is 8.86. The maximum atomic E-state index is 11.6. The lowest BCUT2D eigenvalue weighted by Gasteiger charge is -2.09. The second kappa shape index (κ2) is 10.9. The first-order chi connectivity index (χ1) is 14.0. The van der Waals surface area contributed by atoms with E-state index in [0.717, 1.165) is 56.5 Å². The van der Waals surface area contributed by atoms with E-state index in [1.165, 1.54) is 11.8 Å². The first-order valence-electron chi connectivity index (χ1n) is 9.83. The van der Waals surface area contributed by atoms with Crippen LogP contribution in [0.4, 0.5) is 5.69 Å². The standard InChI is InChI=1S/C22H25ClN2O2S2/c1-2-3-4-5-6-19(21(26)27)28-22-25-18-12-11-17(13-20(18)29-22)24-14-15-7-9-16(23)10-8-15/h7-13,19,24H,2-6,14H2,1H3,(H,26,27). The van der Waals surface area contributed by atoms with E-state index in [-0.39, 0.29) is 0 Å². The first kappa shape index (κ1) is 21.9. The normalized spacial score (nSPS) is 12.2. The Morgan fingerprint density at radius 1 is 1.21 bits per heavy atom. The summed E-state index contributed by atoms with van der Waals surface area (Å²) < 4.78 is 1.88. The van der Waals surface area contributed by atoms with Gasteiger partial charge in [-0.1, -0.05) is 68.1 Å².